The lowest BCUT2D eigenvalue weighted by molar-refractivity contribution is 0.414. The molecule has 2 unspecified atom stereocenters. The van der Waals surface area contributed by atoms with E-state index in [2.05, 4.69) is 15.9 Å². The first-order valence-electron chi connectivity index (χ1n) is 6.42. The molecule has 0 spiro atoms. The van der Waals surface area contributed by atoms with Crippen molar-refractivity contribution < 1.29 is 4.74 Å². The summed E-state index contributed by atoms with van der Waals surface area (Å²) in [7, 11) is 1.65. The molecule has 0 heterocycles. The molecule has 2 atom stereocenters. The first kappa shape index (κ1) is 15.5. The van der Waals surface area contributed by atoms with Crippen molar-refractivity contribution >= 4 is 50.7 Å². The predicted molar refractivity (Wildman–Crippen MR) is 92.1 cm³/mol. The SMILES string of the molecule is COc1ccc(C2C(c3ccc(Cl)c(Br)c3)C2(Cl)Cl)cc1. The topological polar surface area (TPSA) is 9.23 Å². The molecule has 0 saturated heterocycles. The molecule has 21 heavy (non-hydrogen) atoms. The van der Waals surface area contributed by atoms with E-state index in [9.17, 15) is 0 Å². The summed E-state index contributed by atoms with van der Waals surface area (Å²) >= 11 is 22.5. The van der Waals surface area contributed by atoms with Crippen LogP contribution in [-0.4, -0.2) is 11.4 Å². The Morgan fingerprint density at radius 3 is 2.14 bits per heavy atom. The number of alkyl halides is 2. The minimum atomic E-state index is -0.790. The van der Waals surface area contributed by atoms with Crippen molar-refractivity contribution in [2.45, 2.75) is 16.2 Å². The molecular formula is C16H12BrCl3O. The summed E-state index contributed by atoms with van der Waals surface area (Å²) in [5.41, 5.74) is 2.19. The van der Waals surface area contributed by atoms with E-state index in [1.54, 1.807) is 7.11 Å². The number of benzene rings is 2. The third-order valence-corrected chi connectivity index (χ3v) is 5.99. The molecule has 1 nitrogen and oxygen atoms in total. The van der Waals surface area contributed by atoms with Crippen LogP contribution in [0.2, 0.25) is 5.02 Å². The van der Waals surface area contributed by atoms with Crippen LogP contribution in [0.25, 0.3) is 0 Å². The van der Waals surface area contributed by atoms with E-state index in [4.69, 9.17) is 39.5 Å². The van der Waals surface area contributed by atoms with Gasteiger partial charge in [0.05, 0.1) is 12.1 Å². The summed E-state index contributed by atoms with van der Waals surface area (Å²) in [6.07, 6.45) is 0. The van der Waals surface area contributed by atoms with Gasteiger partial charge in [-0.3, -0.25) is 0 Å². The standard InChI is InChI=1S/C16H12BrCl3O/c1-21-11-5-2-9(3-6-11)14-15(16(14,19)20)10-4-7-13(18)12(17)8-10/h2-8,14-15H,1H3. The highest BCUT2D eigenvalue weighted by Gasteiger charge is 2.64. The second-order valence-corrected chi connectivity index (χ2v) is 7.78. The van der Waals surface area contributed by atoms with Crippen molar-refractivity contribution in [1.29, 1.82) is 0 Å². The predicted octanol–water partition coefficient (Wildman–Crippen LogP) is 6.17. The van der Waals surface area contributed by atoms with Crippen LogP contribution in [0.5, 0.6) is 5.75 Å². The first-order valence-corrected chi connectivity index (χ1v) is 8.34. The molecule has 0 aromatic heterocycles. The molecule has 1 saturated carbocycles. The average molecular weight is 407 g/mol. The van der Waals surface area contributed by atoms with Crippen LogP contribution in [0.3, 0.4) is 0 Å². The van der Waals surface area contributed by atoms with E-state index in [-0.39, 0.29) is 11.8 Å². The molecule has 110 valence electrons. The minimum absolute atomic E-state index is 0.0581. The zero-order valence-corrected chi connectivity index (χ0v) is 15.0. The van der Waals surface area contributed by atoms with E-state index in [1.165, 1.54) is 0 Å². The number of hydrogen-bond acceptors (Lipinski definition) is 1. The highest BCUT2D eigenvalue weighted by atomic mass is 79.9. The van der Waals surface area contributed by atoms with Crippen molar-refractivity contribution in [3.8, 4) is 5.75 Å². The van der Waals surface area contributed by atoms with Crippen LogP contribution < -0.4 is 4.74 Å². The summed E-state index contributed by atoms with van der Waals surface area (Å²) in [5, 5.41) is 0.676. The zero-order chi connectivity index (χ0) is 15.2. The van der Waals surface area contributed by atoms with Crippen molar-refractivity contribution in [3.63, 3.8) is 0 Å². The van der Waals surface area contributed by atoms with Crippen LogP contribution in [0.1, 0.15) is 23.0 Å². The Labute approximate surface area is 147 Å². The van der Waals surface area contributed by atoms with Gasteiger partial charge in [0, 0.05) is 16.3 Å². The lowest BCUT2D eigenvalue weighted by Gasteiger charge is -2.04. The van der Waals surface area contributed by atoms with Gasteiger partial charge in [0.1, 0.15) is 10.1 Å². The van der Waals surface area contributed by atoms with Gasteiger partial charge >= 0.3 is 0 Å². The van der Waals surface area contributed by atoms with Gasteiger partial charge in [0.25, 0.3) is 0 Å². The van der Waals surface area contributed by atoms with E-state index >= 15 is 0 Å². The van der Waals surface area contributed by atoms with Crippen molar-refractivity contribution in [1.82, 2.24) is 0 Å². The monoisotopic (exact) mass is 404 g/mol. The summed E-state index contributed by atoms with van der Waals surface area (Å²) in [4.78, 5) is 0. The summed E-state index contributed by atoms with van der Waals surface area (Å²) in [6, 6.07) is 13.7. The molecule has 0 aliphatic heterocycles. The summed E-state index contributed by atoms with van der Waals surface area (Å²) < 4.78 is 5.24. The molecule has 0 bridgehead atoms. The van der Waals surface area contributed by atoms with E-state index in [1.807, 2.05) is 42.5 Å². The van der Waals surface area contributed by atoms with Gasteiger partial charge in [-0.15, -0.1) is 23.2 Å². The molecule has 2 aromatic carbocycles. The Kier molecular flexibility index (Phi) is 4.17. The molecule has 2 aromatic rings. The summed E-state index contributed by atoms with van der Waals surface area (Å²) in [6.45, 7) is 0. The van der Waals surface area contributed by atoms with Gasteiger partial charge in [-0.25, -0.2) is 0 Å². The number of ether oxygens (including phenoxy) is 1. The largest absolute Gasteiger partial charge is 0.497 e. The molecule has 3 rings (SSSR count). The van der Waals surface area contributed by atoms with Gasteiger partial charge in [-0.1, -0.05) is 29.8 Å². The fourth-order valence-electron chi connectivity index (χ4n) is 2.67. The average Bonchev–Trinajstić information content (AvgIpc) is 3.04. The molecule has 1 aliphatic rings. The highest BCUT2D eigenvalue weighted by Crippen LogP contribution is 2.70. The third-order valence-electron chi connectivity index (χ3n) is 3.83. The van der Waals surface area contributed by atoms with Crippen LogP contribution >= 0.6 is 50.7 Å². The maximum absolute atomic E-state index is 6.49. The third kappa shape index (κ3) is 2.79. The van der Waals surface area contributed by atoms with Crippen LogP contribution in [0, 0.1) is 0 Å². The Morgan fingerprint density at radius 1 is 1.00 bits per heavy atom. The maximum Gasteiger partial charge on any atom is 0.133 e. The number of rotatable bonds is 3. The van der Waals surface area contributed by atoms with E-state index < -0.39 is 4.33 Å². The minimum Gasteiger partial charge on any atom is -0.497 e. The Hall–Kier alpha value is -0.410. The Bertz CT molecular complexity index is 670. The second kappa shape index (κ2) is 5.66. The van der Waals surface area contributed by atoms with Gasteiger partial charge in [-0.2, -0.15) is 0 Å². The fraction of sp³-hybridized carbons (Fsp3) is 0.250. The molecule has 1 aliphatic carbocycles. The molecule has 5 heteroatoms. The van der Waals surface area contributed by atoms with Gasteiger partial charge in [0.15, 0.2) is 0 Å². The number of methoxy groups -OCH3 is 1. The van der Waals surface area contributed by atoms with Gasteiger partial charge < -0.3 is 4.74 Å². The molecule has 1 fully saturated rings. The number of hydrogen-bond donors (Lipinski definition) is 0. The van der Waals surface area contributed by atoms with Gasteiger partial charge in [0.2, 0.25) is 0 Å². The molecule has 0 N–H and O–H groups in total. The second-order valence-electron chi connectivity index (χ2n) is 5.08. The van der Waals surface area contributed by atoms with Crippen LogP contribution in [0.4, 0.5) is 0 Å². The number of halogens is 4. The van der Waals surface area contributed by atoms with Crippen LogP contribution in [-0.2, 0) is 0 Å². The van der Waals surface area contributed by atoms with E-state index in [0.717, 1.165) is 21.3 Å². The maximum atomic E-state index is 6.49. The van der Waals surface area contributed by atoms with Crippen molar-refractivity contribution in [3.05, 3.63) is 63.1 Å². The smallest absolute Gasteiger partial charge is 0.133 e. The van der Waals surface area contributed by atoms with Gasteiger partial charge in [-0.05, 0) is 51.3 Å². The normalized spacial score (nSPS) is 22.9. The zero-order valence-electron chi connectivity index (χ0n) is 11.1. The lowest BCUT2D eigenvalue weighted by atomic mass is 10.0. The Morgan fingerprint density at radius 2 is 1.57 bits per heavy atom. The van der Waals surface area contributed by atoms with Crippen LogP contribution in [0.15, 0.2) is 46.9 Å². The lowest BCUT2D eigenvalue weighted by Crippen LogP contribution is -1.91. The van der Waals surface area contributed by atoms with Crippen molar-refractivity contribution in [2.24, 2.45) is 0 Å². The quantitative estimate of drug-likeness (QED) is 0.554. The highest BCUT2D eigenvalue weighted by molar-refractivity contribution is 9.10. The van der Waals surface area contributed by atoms with Crippen molar-refractivity contribution in [2.75, 3.05) is 7.11 Å². The van der Waals surface area contributed by atoms with E-state index in [0.29, 0.717) is 5.02 Å². The molecule has 0 radical (unpaired) electrons. The first-order chi connectivity index (χ1) is 9.95. The molecular weight excluding hydrogens is 394 g/mol. The Balaban J connectivity index is 1.91. The fourth-order valence-corrected chi connectivity index (χ4v) is 4.07. The summed E-state index contributed by atoms with van der Waals surface area (Å²) in [5.74, 6) is 0.947. The molecule has 0 amide bonds.